The first-order chi connectivity index (χ1) is 7.88. The Kier molecular flexibility index (Phi) is 7.87. The molecule has 1 fully saturated rings. The Bertz CT molecular complexity index is 153. The summed E-state index contributed by atoms with van der Waals surface area (Å²) in [5.41, 5.74) is 0. The van der Waals surface area contributed by atoms with Gasteiger partial charge in [-0.25, -0.2) is 0 Å². The third-order valence-electron chi connectivity index (χ3n) is 3.72. The highest BCUT2D eigenvalue weighted by Gasteiger charge is 2.20. The van der Waals surface area contributed by atoms with Gasteiger partial charge in [-0.05, 0) is 58.3 Å². The molecule has 0 radical (unpaired) electrons. The van der Waals surface area contributed by atoms with E-state index in [-0.39, 0.29) is 0 Å². The molecule has 1 N–H and O–H groups in total. The summed E-state index contributed by atoms with van der Waals surface area (Å²) in [6.45, 7) is 9.48. The molecule has 1 rings (SSSR count). The molecule has 16 heavy (non-hydrogen) atoms. The van der Waals surface area contributed by atoms with Gasteiger partial charge in [-0.15, -0.1) is 0 Å². The molecule has 0 unspecified atom stereocenters. The Labute approximate surface area is 102 Å². The van der Waals surface area contributed by atoms with Crippen LogP contribution in [0.25, 0.3) is 0 Å². The van der Waals surface area contributed by atoms with Crippen LogP contribution in [-0.4, -0.2) is 37.1 Å². The average Bonchev–Trinajstić information content (AvgIpc) is 2.82. The normalized spacial score (nSPS) is 17.4. The molecular formula is C14H30N2. The van der Waals surface area contributed by atoms with E-state index in [9.17, 15) is 0 Å². The van der Waals surface area contributed by atoms with Crippen LogP contribution in [0.4, 0.5) is 0 Å². The minimum atomic E-state index is 0.911. The summed E-state index contributed by atoms with van der Waals surface area (Å²) in [6, 6.07) is 0.911. The standard InChI is InChI=1S/C14H30N2/c1-3-11-15-12-7-8-13-16(4-2)14-9-5-6-10-14/h14-15H,3-13H2,1-2H3. The fraction of sp³-hybridized carbons (Fsp3) is 1.00. The second-order valence-corrected chi connectivity index (χ2v) is 5.02. The van der Waals surface area contributed by atoms with Crippen LogP contribution in [-0.2, 0) is 0 Å². The lowest BCUT2D eigenvalue weighted by molar-refractivity contribution is 0.205. The maximum absolute atomic E-state index is 3.48. The van der Waals surface area contributed by atoms with Gasteiger partial charge < -0.3 is 10.2 Å². The van der Waals surface area contributed by atoms with Gasteiger partial charge in [-0.1, -0.05) is 26.7 Å². The summed E-state index contributed by atoms with van der Waals surface area (Å²) in [4.78, 5) is 2.70. The lowest BCUT2D eigenvalue weighted by Gasteiger charge is -2.27. The number of hydrogen-bond acceptors (Lipinski definition) is 2. The summed E-state index contributed by atoms with van der Waals surface area (Å²) in [5.74, 6) is 0. The van der Waals surface area contributed by atoms with Gasteiger partial charge in [0, 0.05) is 6.04 Å². The Morgan fingerprint density at radius 1 is 1.06 bits per heavy atom. The van der Waals surface area contributed by atoms with Crippen LogP contribution in [0.2, 0.25) is 0 Å². The summed E-state index contributed by atoms with van der Waals surface area (Å²) in [5, 5.41) is 3.48. The molecule has 0 saturated heterocycles. The average molecular weight is 226 g/mol. The molecule has 0 bridgehead atoms. The first-order valence-electron chi connectivity index (χ1n) is 7.33. The summed E-state index contributed by atoms with van der Waals surface area (Å²) >= 11 is 0. The van der Waals surface area contributed by atoms with Crippen LogP contribution < -0.4 is 5.32 Å². The van der Waals surface area contributed by atoms with Crippen molar-refractivity contribution in [2.24, 2.45) is 0 Å². The molecular weight excluding hydrogens is 196 g/mol. The van der Waals surface area contributed by atoms with E-state index in [1.54, 1.807) is 0 Å². The van der Waals surface area contributed by atoms with Crippen molar-refractivity contribution in [3.8, 4) is 0 Å². The minimum Gasteiger partial charge on any atom is -0.317 e. The first-order valence-corrected chi connectivity index (χ1v) is 7.33. The van der Waals surface area contributed by atoms with E-state index < -0.39 is 0 Å². The third-order valence-corrected chi connectivity index (χ3v) is 3.72. The SMILES string of the molecule is CCCNCCCCN(CC)C1CCCC1. The van der Waals surface area contributed by atoms with Crippen molar-refractivity contribution in [3.63, 3.8) is 0 Å². The number of hydrogen-bond donors (Lipinski definition) is 1. The lowest BCUT2D eigenvalue weighted by Crippen LogP contribution is -2.34. The molecule has 1 aliphatic carbocycles. The van der Waals surface area contributed by atoms with Crippen molar-refractivity contribution in [2.45, 2.75) is 64.8 Å². The van der Waals surface area contributed by atoms with Gasteiger partial charge in [0.05, 0.1) is 0 Å². The molecule has 2 nitrogen and oxygen atoms in total. The van der Waals surface area contributed by atoms with Gasteiger partial charge in [-0.3, -0.25) is 0 Å². The highest BCUT2D eigenvalue weighted by molar-refractivity contribution is 4.76. The quantitative estimate of drug-likeness (QED) is 0.608. The molecule has 0 aromatic heterocycles. The van der Waals surface area contributed by atoms with Crippen molar-refractivity contribution in [3.05, 3.63) is 0 Å². The molecule has 0 heterocycles. The maximum Gasteiger partial charge on any atom is 0.00951 e. The number of unbranched alkanes of at least 4 members (excludes halogenated alkanes) is 1. The Hall–Kier alpha value is -0.0800. The van der Waals surface area contributed by atoms with E-state index in [0.717, 1.165) is 6.04 Å². The van der Waals surface area contributed by atoms with Crippen molar-refractivity contribution in [1.82, 2.24) is 10.2 Å². The highest BCUT2D eigenvalue weighted by atomic mass is 15.1. The van der Waals surface area contributed by atoms with Crippen LogP contribution in [0.1, 0.15) is 58.8 Å². The molecule has 0 aromatic carbocycles. The summed E-state index contributed by atoms with van der Waals surface area (Å²) in [6.07, 6.45) is 9.76. The van der Waals surface area contributed by atoms with Gasteiger partial charge >= 0.3 is 0 Å². The topological polar surface area (TPSA) is 15.3 Å². The monoisotopic (exact) mass is 226 g/mol. The van der Waals surface area contributed by atoms with Gasteiger partial charge in [0.25, 0.3) is 0 Å². The zero-order chi connectivity index (χ0) is 11.6. The number of nitrogens with one attached hydrogen (secondary N) is 1. The zero-order valence-corrected chi connectivity index (χ0v) is 11.3. The fourth-order valence-corrected chi connectivity index (χ4v) is 2.73. The van der Waals surface area contributed by atoms with Crippen LogP contribution >= 0.6 is 0 Å². The van der Waals surface area contributed by atoms with Crippen molar-refractivity contribution in [1.29, 1.82) is 0 Å². The van der Waals surface area contributed by atoms with Crippen molar-refractivity contribution < 1.29 is 0 Å². The van der Waals surface area contributed by atoms with Gasteiger partial charge in [0.1, 0.15) is 0 Å². The van der Waals surface area contributed by atoms with Crippen LogP contribution in [0.3, 0.4) is 0 Å². The molecule has 0 aromatic rings. The van der Waals surface area contributed by atoms with Gasteiger partial charge in [0.2, 0.25) is 0 Å². The summed E-state index contributed by atoms with van der Waals surface area (Å²) < 4.78 is 0. The fourth-order valence-electron chi connectivity index (χ4n) is 2.73. The molecule has 0 amide bonds. The molecule has 0 atom stereocenters. The predicted molar refractivity (Wildman–Crippen MR) is 71.9 cm³/mol. The van der Waals surface area contributed by atoms with E-state index in [1.165, 1.54) is 71.1 Å². The molecule has 96 valence electrons. The van der Waals surface area contributed by atoms with E-state index in [0.29, 0.717) is 0 Å². The smallest absolute Gasteiger partial charge is 0.00951 e. The van der Waals surface area contributed by atoms with Crippen LogP contribution in [0.5, 0.6) is 0 Å². The second-order valence-electron chi connectivity index (χ2n) is 5.02. The Morgan fingerprint density at radius 3 is 2.44 bits per heavy atom. The second kappa shape index (κ2) is 9.00. The maximum atomic E-state index is 3.48. The third kappa shape index (κ3) is 5.31. The van der Waals surface area contributed by atoms with Crippen molar-refractivity contribution >= 4 is 0 Å². The van der Waals surface area contributed by atoms with E-state index >= 15 is 0 Å². The molecule has 0 aliphatic heterocycles. The predicted octanol–water partition coefficient (Wildman–Crippen LogP) is 3.03. The van der Waals surface area contributed by atoms with E-state index in [4.69, 9.17) is 0 Å². The number of nitrogens with zero attached hydrogens (tertiary/aromatic N) is 1. The molecule has 1 saturated carbocycles. The summed E-state index contributed by atoms with van der Waals surface area (Å²) in [7, 11) is 0. The van der Waals surface area contributed by atoms with Crippen LogP contribution in [0, 0.1) is 0 Å². The zero-order valence-electron chi connectivity index (χ0n) is 11.3. The first kappa shape index (κ1) is 14.0. The van der Waals surface area contributed by atoms with E-state index in [2.05, 4.69) is 24.1 Å². The highest BCUT2D eigenvalue weighted by Crippen LogP contribution is 2.23. The largest absolute Gasteiger partial charge is 0.317 e. The van der Waals surface area contributed by atoms with Crippen LogP contribution in [0.15, 0.2) is 0 Å². The van der Waals surface area contributed by atoms with Gasteiger partial charge in [0.15, 0.2) is 0 Å². The molecule has 1 aliphatic rings. The minimum absolute atomic E-state index is 0.911. The Balaban J connectivity index is 2.00. The lowest BCUT2D eigenvalue weighted by atomic mass is 10.2. The Morgan fingerprint density at radius 2 is 1.81 bits per heavy atom. The number of rotatable bonds is 9. The molecule has 0 spiro atoms. The van der Waals surface area contributed by atoms with Gasteiger partial charge in [-0.2, -0.15) is 0 Å². The van der Waals surface area contributed by atoms with E-state index in [1.807, 2.05) is 0 Å². The van der Waals surface area contributed by atoms with Crippen molar-refractivity contribution in [2.75, 3.05) is 26.2 Å². The molecule has 2 heteroatoms.